The average molecular weight is 432 g/mol. The van der Waals surface area contributed by atoms with Crippen LogP contribution in [0.4, 0.5) is 10.3 Å². The number of hydrazone groups is 1. The van der Waals surface area contributed by atoms with Crippen LogP contribution in [0.2, 0.25) is 10.0 Å². The van der Waals surface area contributed by atoms with Crippen LogP contribution in [-0.2, 0) is 0 Å². The van der Waals surface area contributed by atoms with Crippen molar-refractivity contribution in [3.8, 4) is 23.1 Å². The molecule has 0 bridgehead atoms. The van der Waals surface area contributed by atoms with Gasteiger partial charge in [0.25, 0.3) is 5.56 Å². The largest absolute Gasteiger partial charge is 0.492 e. The monoisotopic (exact) mass is 431 g/mol. The summed E-state index contributed by atoms with van der Waals surface area (Å²) in [5.41, 5.74) is 2.42. The number of anilines is 1. The summed E-state index contributed by atoms with van der Waals surface area (Å²) < 4.78 is 19.4. The minimum atomic E-state index is -0.790. The Morgan fingerprint density at radius 3 is 2.69 bits per heavy atom. The Bertz CT molecular complexity index is 1190. The zero-order valence-corrected chi connectivity index (χ0v) is 16.3. The van der Waals surface area contributed by atoms with Crippen molar-refractivity contribution in [2.24, 2.45) is 5.10 Å². The highest BCUT2D eigenvalue weighted by Gasteiger charge is 2.16. The van der Waals surface area contributed by atoms with E-state index in [0.29, 0.717) is 5.56 Å². The topological polar surface area (TPSA) is 103 Å². The summed E-state index contributed by atoms with van der Waals surface area (Å²) in [5.74, 6) is -1.00. The summed E-state index contributed by atoms with van der Waals surface area (Å²) >= 11 is 11.9. The number of hydrogen-bond donors (Lipinski definition) is 2. The molecule has 1 heterocycles. The smallest absolute Gasteiger partial charge is 0.270 e. The zero-order chi connectivity index (χ0) is 21.0. The fraction of sp³-hybridized carbons (Fsp3) is 0.0526. The lowest BCUT2D eigenvalue weighted by Crippen LogP contribution is -2.16. The molecule has 1 aromatic heterocycles. The average Bonchev–Trinajstić information content (AvgIpc) is 2.71. The van der Waals surface area contributed by atoms with Gasteiger partial charge < -0.3 is 4.74 Å². The van der Waals surface area contributed by atoms with Gasteiger partial charge in [0.1, 0.15) is 11.6 Å². The lowest BCUT2D eigenvalue weighted by atomic mass is 10.1. The number of aromatic amines is 1. The highest BCUT2D eigenvalue weighted by atomic mass is 35.5. The van der Waals surface area contributed by atoms with E-state index in [-0.39, 0.29) is 38.6 Å². The molecule has 0 aliphatic carbocycles. The Labute approximate surface area is 174 Å². The second-order valence-corrected chi connectivity index (χ2v) is 6.40. The van der Waals surface area contributed by atoms with Crippen molar-refractivity contribution >= 4 is 35.4 Å². The third-order valence-corrected chi connectivity index (χ3v) is 4.40. The first-order valence-corrected chi connectivity index (χ1v) is 8.82. The summed E-state index contributed by atoms with van der Waals surface area (Å²) in [5, 5.41) is 13.2. The highest BCUT2D eigenvalue weighted by molar-refractivity contribution is 6.37. The third kappa shape index (κ3) is 4.21. The van der Waals surface area contributed by atoms with Crippen LogP contribution >= 0.6 is 23.2 Å². The fourth-order valence-electron chi connectivity index (χ4n) is 2.48. The highest BCUT2D eigenvalue weighted by Crippen LogP contribution is 2.34. The number of halogens is 3. The van der Waals surface area contributed by atoms with Crippen LogP contribution in [0.3, 0.4) is 0 Å². The molecule has 0 spiro atoms. The minimum absolute atomic E-state index is 0.0186. The lowest BCUT2D eigenvalue weighted by molar-refractivity contribution is 0.386. The minimum Gasteiger partial charge on any atom is -0.492 e. The van der Waals surface area contributed by atoms with E-state index in [2.05, 4.69) is 20.5 Å². The summed E-state index contributed by atoms with van der Waals surface area (Å²) in [6.45, 7) is 0. The van der Waals surface area contributed by atoms with Gasteiger partial charge in [-0.3, -0.25) is 9.78 Å². The van der Waals surface area contributed by atoms with Gasteiger partial charge in [-0.05, 0) is 6.07 Å². The molecule has 0 fully saturated rings. The van der Waals surface area contributed by atoms with Crippen molar-refractivity contribution in [3.05, 3.63) is 73.7 Å². The number of aromatic nitrogens is 2. The van der Waals surface area contributed by atoms with Crippen LogP contribution in [0.25, 0.3) is 11.3 Å². The van der Waals surface area contributed by atoms with Gasteiger partial charge in [0, 0.05) is 5.56 Å². The molecule has 3 aromatic rings. The number of ether oxygens (including phenoxy) is 1. The van der Waals surface area contributed by atoms with Crippen LogP contribution in [-0.4, -0.2) is 23.3 Å². The van der Waals surface area contributed by atoms with Gasteiger partial charge in [-0.25, -0.2) is 14.8 Å². The Balaban J connectivity index is 1.96. The number of benzene rings is 2. The molecule has 7 nitrogen and oxygen atoms in total. The molecule has 0 unspecified atom stereocenters. The second kappa shape index (κ2) is 8.73. The molecule has 0 aliphatic heterocycles. The van der Waals surface area contributed by atoms with Crippen LogP contribution < -0.4 is 15.7 Å². The molecule has 146 valence electrons. The molecule has 0 atom stereocenters. The molecule has 0 saturated heterocycles. The number of nitriles is 1. The van der Waals surface area contributed by atoms with E-state index in [0.717, 1.165) is 6.21 Å². The van der Waals surface area contributed by atoms with E-state index in [4.69, 9.17) is 27.9 Å². The van der Waals surface area contributed by atoms with E-state index < -0.39 is 11.4 Å². The van der Waals surface area contributed by atoms with E-state index in [1.54, 1.807) is 30.3 Å². The molecule has 2 aromatic carbocycles. The standard InChI is InChI=1S/C19H12Cl2FN5O2/c1-29-17-14(21)7-13(20)12(15(17)22)9-24-27-19-25-16(10-5-3-2-4-6-10)11(8-23)18(28)26-19/h2-7,9H,1H3,(H2,25,26,27,28). The van der Waals surface area contributed by atoms with Gasteiger partial charge in [-0.1, -0.05) is 53.5 Å². The van der Waals surface area contributed by atoms with Gasteiger partial charge in [0.15, 0.2) is 11.6 Å². The molecular formula is C19H12Cl2FN5O2. The molecule has 0 radical (unpaired) electrons. The molecule has 3 rings (SSSR count). The number of H-pyrrole nitrogens is 1. The first-order valence-electron chi connectivity index (χ1n) is 8.06. The summed E-state index contributed by atoms with van der Waals surface area (Å²) in [6, 6.07) is 11.9. The zero-order valence-electron chi connectivity index (χ0n) is 14.8. The quantitative estimate of drug-likeness (QED) is 0.465. The van der Waals surface area contributed by atoms with Crippen LogP contribution in [0, 0.1) is 17.1 Å². The van der Waals surface area contributed by atoms with Crippen molar-refractivity contribution in [1.29, 1.82) is 5.26 Å². The van der Waals surface area contributed by atoms with E-state index >= 15 is 0 Å². The number of methoxy groups -OCH3 is 1. The summed E-state index contributed by atoms with van der Waals surface area (Å²) in [4.78, 5) is 18.8. The maximum Gasteiger partial charge on any atom is 0.270 e. The predicted octanol–water partition coefficient (Wildman–Crippen LogP) is 4.21. The van der Waals surface area contributed by atoms with Crippen molar-refractivity contribution in [1.82, 2.24) is 9.97 Å². The third-order valence-electron chi connectivity index (χ3n) is 3.81. The van der Waals surface area contributed by atoms with Gasteiger partial charge in [-0.2, -0.15) is 10.4 Å². The van der Waals surface area contributed by atoms with Gasteiger partial charge >= 0.3 is 0 Å². The number of hydrogen-bond acceptors (Lipinski definition) is 6. The van der Waals surface area contributed by atoms with Crippen molar-refractivity contribution < 1.29 is 9.13 Å². The molecule has 29 heavy (non-hydrogen) atoms. The molecular weight excluding hydrogens is 420 g/mol. The number of nitrogens with zero attached hydrogens (tertiary/aromatic N) is 3. The maximum absolute atomic E-state index is 14.4. The molecule has 0 saturated carbocycles. The number of rotatable bonds is 5. The lowest BCUT2D eigenvalue weighted by Gasteiger charge is -2.09. The second-order valence-electron chi connectivity index (χ2n) is 5.59. The van der Waals surface area contributed by atoms with Gasteiger partial charge in [0.2, 0.25) is 5.95 Å². The van der Waals surface area contributed by atoms with Crippen LogP contribution in [0.1, 0.15) is 11.1 Å². The van der Waals surface area contributed by atoms with Crippen LogP contribution in [0.5, 0.6) is 5.75 Å². The molecule has 2 N–H and O–H groups in total. The Kier molecular flexibility index (Phi) is 6.12. The summed E-state index contributed by atoms with van der Waals surface area (Å²) in [6.07, 6.45) is 1.09. The Hall–Kier alpha value is -3.41. The van der Waals surface area contributed by atoms with Crippen LogP contribution in [0.15, 0.2) is 46.3 Å². The van der Waals surface area contributed by atoms with E-state index in [1.165, 1.54) is 13.2 Å². The molecule has 0 amide bonds. The van der Waals surface area contributed by atoms with Crippen molar-refractivity contribution in [3.63, 3.8) is 0 Å². The Morgan fingerprint density at radius 2 is 2.03 bits per heavy atom. The van der Waals surface area contributed by atoms with E-state index in [9.17, 15) is 14.4 Å². The summed E-state index contributed by atoms with van der Waals surface area (Å²) in [7, 11) is 1.27. The Morgan fingerprint density at radius 1 is 1.31 bits per heavy atom. The predicted molar refractivity (Wildman–Crippen MR) is 109 cm³/mol. The van der Waals surface area contributed by atoms with Crippen molar-refractivity contribution in [2.45, 2.75) is 0 Å². The fourth-order valence-corrected chi connectivity index (χ4v) is 3.05. The molecule has 0 aliphatic rings. The van der Waals surface area contributed by atoms with Gasteiger partial charge in [-0.15, -0.1) is 0 Å². The number of nitrogens with one attached hydrogen (secondary N) is 2. The van der Waals surface area contributed by atoms with Gasteiger partial charge in [0.05, 0.1) is 34.6 Å². The first kappa shape index (κ1) is 20.3. The maximum atomic E-state index is 14.4. The van der Waals surface area contributed by atoms with Crippen molar-refractivity contribution in [2.75, 3.05) is 12.5 Å². The first-order chi connectivity index (χ1) is 14.0. The normalized spacial score (nSPS) is 10.7. The molecule has 10 heteroatoms. The van der Waals surface area contributed by atoms with E-state index in [1.807, 2.05) is 6.07 Å². The SMILES string of the molecule is COc1c(Cl)cc(Cl)c(C=NNc2nc(-c3ccccc3)c(C#N)c(=O)[nH]2)c1F.